The van der Waals surface area contributed by atoms with Gasteiger partial charge in [0.1, 0.15) is 12.3 Å². The summed E-state index contributed by atoms with van der Waals surface area (Å²) in [5, 5.41) is 8.79. The second-order valence-corrected chi connectivity index (χ2v) is 8.90. The minimum Gasteiger partial charge on any atom is -0.497 e. The lowest BCUT2D eigenvalue weighted by Crippen LogP contribution is -2.52. The molecule has 35 heavy (non-hydrogen) atoms. The lowest BCUT2D eigenvalue weighted by atomic mass is 10.1. The van der Waals surface area contributed by atoms with Crippen LogP contribution in [0.5, 0.6) is 5.75 Å². The van der Waals surface area contributed by atoms with E-state index in [2.05, 4.69) is 15.1 Å². The number of hydrogen-bond acceptors (Lipinski definition) is 6. The third-order valence-electron chi connectivity index (χ3n) is 6.57. The highest BCUT2D eigenvalue weighted by Gasteiger charge is 2.35. The van der Waals surface area contributed by atoms with Crippen molar-refractivity contribution in [3.63, 3.8) is 0 Å². The normalized spacial score (nSPS) is 15.6. The molecule has 0 bridgehead atoms. The van der Waals surface area contributed by atoms with Crippen LogP contribution in [0, 0.1) is 0 Å². The zero-order valence-electron chi connectivity index (χ0n) is 19.8. The minimum absolute atomic E-state index is 0.0103. The monoisotopic (exact) mass is 471 g/mol. The van der Waals surface area contributed by atoms with E-state index in [-0.39, 0.29) is 24.4 Å². The van der Waals surface area contributed by atoms with Crippen LogP contribution in [-0.2, 0) is 4.79 Å². The van der Waals surface area contributed by atoms with Crippen molar-refractivity contribution in [2.45, 2.75) is 18.9 Å². The van der Waals surface area contributed by atoms with Gasteiger partial charge in [0.05, 0.1) is 12.8 Å². The van der Waals surface area contributed by atoms with Crippen LogP contribution in [0.4, 0.5) is 5.82 Å². The Morgan fingerprint density at radius 2 is 1.63 bits per heavy atom. The van der Waals surface area contributed by atoms with Crippen molar-refractivity contribution in [1.82, 2.24) is 20.0 Å². The second kappa shape index (κ2) is 10.1. The molecule has 1 aromatic heterocycles. The number of piperazine rings is 1. The van der Waals surface area contributed by atoms with E-state index in [1.165, 1.54) is 0 Å². The Kier molecular flexibility index (Phi) is 6.61. The average Bonchev–Trinajstić information content (AvgIpc) is 3.77. The van der Waals surface area contributed by atoms with Gasteiger partial charge in [-0.15, -0.1) is 10.2 Å². The first-order chi connectivity index (χ1) is 17.1. The zero-order chi connectivity index (χ0) is 24.2. The van der Waals surface area contributed by atoms with Gasteiger partial charge in [0.25, 0.3) is 5.91 Å². The molecule has 0 unspecified atom stereocenters. The van der Waals surface area contributed by atoms with Gasteiger partial charge in [-0.2, -0.15) is 0 Å². The molecule has 5 rings (SSSR count). The van der Waals surface area contributed by atoms with Crippen molar-refractivity contribution in [3.8, 4) is 17.0 Å². The van der Waals surface area contributed by atoms with Gasteiger partial charge in [-0.1, -0.05) is 30.3 Å². The molecule has 2 heterocycles. The Balaban J connectivity index is 1.17. The van der Waals surface area contributed by atoms with E-state index >= 15 is 0 Å². The summed E-state index contributed by atoms with van der Waals surface area (Å²) in [6.07, 6.45) is 1.89. The molecule has 2 fully saturated rings. The summed E-state index contributed by atoms with van der Waals surface area (Å²) in [6, 6.07) is 21.1. The van der Waals surface area contributed by atoms with Crippen molar-refractivity contribution in [3.05, 3.63) is 72.3 Å². The predicted molar refractivity (Wildman–Crippen MR) is 133 cm³/mol. The molecule has 180 valence electrons. The number of carbonyl (C=O) groups is 2. The summed E-state index contributed by atoms with van der Waals surface area (Å²) in [5.41, 5.74) is 2.45. The number of rotatable bonds is 7. The molecule has 1 saturated carbocycles. The van der Waals surface area contributed by atoms with Crippen LogP contribution < -0.4 is 9.64 Å². The fourth-order valence-electron chi connectivity index (χ4n) is 4.34. The van der Waals surface area contributed by atoms with Gasteiger partial charge in [0.15, 0.2) is 5.82 Å². The first kappa shape index (κ1) is 22.8. The van der Waals surface area contributed by atoms with Gasteiger partial charge in [-0.3, -0.25) is 9.59 Å². The minimum atomic E-state index is -0.101. The molecule has 0 atom stereocenters. The summed E-state index contributed by atoms with van der Waals surface area (Å²) in [4.78, 5) is 31.9. The number of aromatic nitrogens is 2. The highest BCUT2D eigenvalue weighted by Crippen LogP contribution is 2.29. The maximum Gasteiger partial charge on any atom is 0.254 e. The largest absolute Gasteiger partial charge is 0.497 e. The lowest BCUT2D eigenvalue weighted by Gasteiger charge is -2.36. The van der Waals surface area contributed by atoms with E-state index in [1.807, 2.05) is 47.4 Å². The van der Waals surface area contributed by atoms with Gasteiger partial charge in [0.2, 0.25) is 5.91 Å². The maximum absolute atomic E-state index is 13.1. The summed E-state index contributed by atoms with van der Waals surface area (Å²) in [7, 11) is 1.60. The number of methoxy groups -OCH3 is 1. The fourth-order valence-corrected chi connectivity index (χ4v) is 4.34. The third kappa shape index (κ3) is 5.26. The number of amides is 2. The van der Waals surface area contributed by atoms with E-state index in [9.17, 15) is 9.59 Å². The van der Waals surface area contributed by atoms with Crippen LogP contribution in [-0.4, -0.2) is 77.7 Å². The molecule has 0 N–H and O–H groups in total. The van der Waals surface area contributed by atoms with Gasteiger partial charge >= 0.3 is 0 Å². The number of hydrogen-bond donors (Lipinski definition) is 0. The van der Waals surface area contributed by atoms with E-state index in [4.69, 9.17) is 4.74 Å². The van der Waals surface area contributed by atoms with Crippen molar-refractivity contribution in [2.75, 3.05) is 44.7 Å². The Morgan fingerprint density at radius 3 is 2.23 bits per heavy atom. The Labute approximate surface area is 205 Å². The van der Waals surface area contributed by atoms with Gasteiger partial charge < -0.3 is 19.4 Å². The molecular formula is C27H29N5O3. The molecular weight excluding hydrogens is 442 g/mol. The summed E-state index contributed by atoms with van der Waals surface area (Å²) >= 11 is 0. The zero-order valence-corrected chi connectivity index (χ0v) is 19.8. The first-order valence-electron chi connectivity index (χ1n) is 12.0. The number of ether oxygens (including phenoxy) is 1. The molecule has 3 aromatic rings. The fraction of sp³-hybridized carbons (Fsp3) is 0.333. The van der Waals surface area contributed by atoms with Crippen LogP contribution >= 0.6 is 0 Å². The quantitative estimate of drug-likeness (QED) is 0.527. The molecule has 8 nitrogen and oxygen atoms in total. The van der Waals surface area contributed by atoms with Crippen LogP contribution in [0.15, 0.2) is 66.7 Å². The van der Waals surface area contributed by atoms with Crippen molar-refractivity contribution in [1.29, 1.82) is 0 Å². The predicted octanol–water partition coefficient (Wildman–Crippen LogP) is 3.11. The van der Waals surface area contributed by atoms with E-state index < -0.39 is 0 Å². The molecule has 0 radical (unpaired) electrons. The molecule has 1 saturated heterocycles. The van der Waals surface area contributed by atoms with Crippen molar-refractivity contribution >= 4 is 17.6 Å². The highest BCUT2D eigenvalue weighted by molar-refractivity contribution is 5.97. The lowest BCUT2D eigenvalue weighted by molar-refractivity contribution is -0.132. The standard InChI is InChI=1S/C27H29N5O3/c1-35-23-11-7-21(8-12-23)27(34)32(22-9-10-22)19-26(33)31-17-15-30(16-18-31)25-14-13-24(28-29-25)20-5-3-2-4-6-20/h2-8,11-14,22H,9-10,15-19H2,1H3. The molecule has 8 heteroatoms. The molecule has 0 spiro atoms. The number of nitrogens with zero attached hydrogens (tertiary/aromatic N) is 5. The van der Waals surface area contributed by atoms with E-state index in [0.29, 0.717) is 37.5 Å². The van der Waals surface area contributed by atoms with E-state index in [1.54, 1.807) is 36.3 Å². The van der Waals surface area contributed by atoms with Crippen molar-refractivity contribution in [2.24, 2.45) is 0 Å². The number of carbonyl (C=O) groups excluding carboxylic acids is 2. The SMILES string of the molecule is COc1ccc(C(=O)N(CC(=O)N2CCN(c3ccc(-c4ccccc4)nn3)CC2)C2CC2)cc1. The average molecular weight is 472 g/mol. The third-order valence-corrected chi connectivity index (χ3v) is 6.57. The Bertz CT molecular complexity index is 1160. The molecule has 2 amide bonds. The maximum atomic E-state index is 13.1. The highest BCUT2D eigenvalue weighted by atomic mass is 16.5. The summed E-state index contributed by atoms with van der Waals surface area (Å²) in [6.45, 7) is 2.66. The Morgan fingerprint density at radius 1 is 0.914 bits per heavy atom. The second-order valence-electron chi connectivity index (χ2n) is 8.90. The van der Waals surface area contributed by atoms with Crippen molar-refractivity contribution < 1.29 is 14.3 Å². The summed E-state index contributed by atoms with van der Waals surface area (Å²) in [5.74, 6) is 1.40. The number of anilines is 1. The summed E-state index contributed by atoms with van der Waals surface area (Å²) < 4.78 is 5.18. The molecule has 2 aliphatic rings. The van der Waals surface area contributed by atoms with Gasteiger partial charge in [-0.05, 0) is 49.2 Å². The first-order valence-corrected chi connectivity index (χ1v) is 12.0. The van der Waals surface area contributed by atoms with Crippen LogP contribution in [0.1, 0.15) is 23.2 Å². The molecule has 1 aliphatic carbocycles. The topological polar surface area (TPSA) is 78.9 Å². The molecule has 1 aliphatic heterocycles. The Hall–Kier alpha value is -3.94. The van der Waals surface area contributed by atoms with Crippen LogP contribution in [0.3, 0.4) is 0 Å². The van der Waals surface area contributed by atoms with Crippen LogP contribution in [0.25, 0.3) is 11.3 Å². The van der Waals surface area contributed by atoms with Gasteiger partial charge in [0, 0.05) is 43.3 Å². The number of benzene rings is 2. The van der Waals surface area contributed by atoms with E-state index in [0.717, 1.165) is 29.9 Å². The van der Waals surface area contributed by atoms with Crippen LogP contribution in [0.2, 0.25) is 0 Å². The van der Waals surface area contributed by atoms with Gasteiger partial charge in [-0.25, -0.2) is 0 Å². The molecule has 2 aromatic carbocycles. The smallest absolute Gasteiger partial charge is 0.254 e.